The highest BCUT2D eigenvalue weighted by Gasteiger charge is 2.30. The lowest BCUT2D eigenvalue weighted by Gasteiger charge is -2.18. The first kappa shape index (κ1) is 20.4. The molecule has 7 heteroatoms. The van der Waals surface area contributed by atoms with Crippen LogP contribution >= 0.6 is 0 Å². The minimum Gasteiger partial charge on any atom is -0.481 e. The molecule has 0 unspecified atom stereocenters. The third-order valence-corrected chi connectivity index (χ3v) is 4.14. The number of benzene rings is 2. The minimum absolute atomic E-state index is 0.165. The predicted octanol–water partition coefficient (Wildman–Crippen LogP) is 4.41. The first-order valence-electron chi connectivity index (χ1n) is 8.26. The minimum atomic E-state index is -3.03. The molecule has 2 aromatic rings. The standard InChI is InChI=1S/C20H20F2O5/c1-4-20(21,22)14-6-8-17(27-11-18(23)24)16(10-14)13-5-7-15(12(2)9-13)19(25)26-3/h5-10H,4,11H2,1-3H3,(H,23,24). The largest absolute Gasteiger partial charge is 0.481 e. The van der Waals surface area contributed by atoms with Crippen molar-refractivity contribution in [3.05, 3.63) is 53.1 Å². The van der Waals surface area contributed by atoms with E-state index in [1.54, 1.807) is 19.1 Å². The molecule has 0 aliphatic carbocycles. The average molecular weight is 378 g/mol. The Bertz CT molecular complexity index is 861. The third kappa shape index (κ3) is 4.61. The number of esters is 1. The van der Waals surface area contributed by atoms with Crippen LogP contribution in [0.4, 0.5) is 8.78 Å². The van der Waals surface area contributed by atoms with Crippen LogP contribution in [-0.2, 0) is 15.5 Å². The number of rotatable bonds is 7. The van der Waals surface area contributed by atoms with Gasteiger partial charge in [0, 0.05) is 17.5 Å². The van der Waals surface area contributed by atoms with Gasteiger partial charge in [0.1, 0.15) is 5.75 Å². The molecule has 0 aromatic heterocycles. The Balaban J connectivity index is 2.57. The Morgan fingerprint density at radius 1 is 1.15 bits per heavy atom. The molecule has 1 N–H and O–H groups in total. The molecule has 5 nitrogen and oxygen atoms in total. The number of hydrogen-bond donors (Lipinski definition) is 1. The van der Waals surface area contributed by atoms with E-state index in [1.165, 1.54) is 38.3 Å². The lowest BCUT2D eigenvalue weighted by molar-refractivity contribution is -0.139. The van der Waals surface area contributed by atoms with Crippen LogP contribution in [0.25, 0.3) is 11.1 Å². The number of carbonyl (C=O) groups is 2. The maximum Gasteiger partial charge on any atom is 0.341 e. The number of halogens is 2. The molecule has 0 heterocycles. The number of ether oxygens (including phenoxy) is 2. The van der Waals surface area contributed by atoms with E-state index in [0.29, 0.717) is 22.3 Å². The zero-order valence-corrected chi connectivity index (χ0v) is 15.2. The van der Waals surface area contributed by atoms with Crippen LogP contribution in [0, 0.1) is 6.92 Å². The Labute approximate surface area is 155 Å². The lowest BCUT2D eigenvalue weighted by Crippen LogP contribution is -2.13. The second kappa shape index (κ2) is 8.16. The summed E-state index contributed by atoms with van der Waals surface area (Å²) in [6.45, 7) is 2.47. The van der Waals surface area contributed by atoms with E-state index in [2.05, 4.69) is 0 Å². The fourth-order valence-electron chi connectivity index (χ4n) is 2.62. The van der Waals surface area contributed by atoms with Crippen molar-refractivity contribution in [1.82, 2.24) is 0 Å². The van der Waals surface area contributed by atoms with Crippen molar-refractivity contribution < 1.29 is 33.0 Å². The maximum absolute atomic E-state index is 14.1. The zero-order chi connectivity index (χ0) is 20.2. The fraction of sp³-hybridized carbons (Fsp3) is 0.300. The van der Waals surface area contributed by atoms with Crippen molar-refractivity contribution in [1.29, 1.82) is 0 Å². The Morgan fingerprint density at radius 2 is 1.85 bits per heavy atom. The first-order chi connectivity index (χ1) is 12.7. The number of hydrogen-bond acceptors (Lipinski definition) is 4. The summed E-state index contributed by atoms with van der Waals surface area (Å²) in [6, 6.07) is 8.59. The van der Waals surface area contributed by atoms with Gasteiger partial charge in [0.15, 0.2) is 6.61 Å². The van der Waals surface area contributed by atoms with Crippen LogP contribution in [0.15, 0.2) is 36.4 Å². The molecule has 2 aromatic carbocycles. The van der Waals surface area contributed by atoms with E-state index in [9.17, 15) is 18.4 Å². The lowest BCUT2D eigenvalue weighted by atomic mass is 9.95. The molecular formula is C20H20F2O5. The van der Waals surface area contributed by atoms with Gasteiger partial charge in [-0.2, -0.15) is 0 Å². The van der Waals surface area contributed by atoms with Crippen molar-refractivity contribution in [2.24, 2.45) is 0 Å². The van der Waals surface area contributed by atoms with Gasteiger partial charge in [-0.3, -0.25) is 0 Å². The van der Waals surface area contributed by atoms with Crippen LogP contribution in [0.2, 0.25) is 0 Å². The number of carboxylic acids is 1. The van der Waals surface area contributed by atoms with Crippen LogP contribution in [0.3, 0.4) is 0 Å². The number of carbonyl (C=O) groups excluding carboxylic acids is 1. The zero-order valence-electron chi connectivity index (χ0n) is 15.2. The van der Waals surface area contributed by atoms with E-state index in [-0.39, 0.29) is 17.7 Å². The number of alkyl halides is 2. The molecule has 0 saturated carbocycles. The van der Waals surface area contributed by atoms with E-state index < -0.39 is 24.5 Å². The van der Waals surface area contributed by atoms with Crippen molar-refractivity contribution >= 4 is 11.9 Å². The molecule has 27 heavy (non-hydrogen) atoms. The molecule has 144 valence electrons. The molecule has 0 amide bonds. The highest BCUT2D eigenvalue weighted by atomic mass is 19.3. The van der Waals surface area contributed by atoms with E-state index in [4.69, 9.17) is 14.6 Å². The van der Waals surface area contributed by atoms with Crippen LogP contribution < -0.4 is 4.74 Å². The predicted molar refractivity (Wildman–Crippen MR) is 95.3 cm³/mol. The summed E-state index contributed by atoms with van der Waals surface area (Å²) in [5.41, 5.74) is 1.59. The molecule has 2 rings (SSSR count). The first-order valence-corrected chi connectivity index (χ1v) is 8.26. The van der Waals surface area contributed by atoms with Gasteiger partial charge < -0.3 is 14.6 Å². The van der Waals surface area contributed by atoms with E-state index >= 15 is 0 Å². The highest BCUT2D eigenvalue weighted by Crippen LogP contribution is 2.38. The van der Waals surface area contributed by atoms with Gasteiger partial charge in [-0.1, -0.05) is 19.1 Å². The van der Waals surface area contributed by atoms with E-state index in [0.717, 1.165) is 0 Å². The molecule has 0 spiro atoms. The van der Waals surface area contributed by atoms with Crippen molar-refractivity contribution in [2.75, 3.05) is 13.7 Å². The summed E-state index contributed by atoms with van der Waals surface area (Å²) < 4.78 is 38.2. The van der Waals surface area contributed by atoms with Crippen LogP contribution in [-0.4, -0.2) is 30.8 Å². The Kier molecular flexibility index (Phi) is 6.15. The summed E-state index contributed by atoms with van der Waals surface area (Å²) in [4.78, 5) is 22.5. The van der Waals surface area contributed by atoms with Crippen molar-refractivity contribution in [2.45, 2.75) is 26.2 Å². The third-order valence-electron chi connectivity index (χ3n) is 4.14. The second-order valence-electron chi connectivity index (χ2n) is 5.97. The molecular weight excluding hydrogens is 358 g/mol. The number of methoxy groups -OCH3 is 1. The molecule has 0 atom stereocenters. The van der Waals surface area contributed by atoms with Gasteiger partial charge in [0.2, 0.25) is 0 Å². The Hall–Kier alpha value is -2.96. The number of aliphatic carboxylic acids is 1. The quantitative estimate of drug-likeness (QED) is 0.723. The monoisotopic (exact) mass is 378 g/mol. The average Bonchev–Trinajstić information content (AvgIpc) is 2.65. The molecule has 0 saturated heterocycles. The Morgan fingerprint density at radius 3 is 2.41 bits per heavy atom. The summed E-state index contributed by atoms with van der Waals surface area (Å²) >= 11 is 0. The van der Waals surface area contributed by atoms with Gasteiger partial charge in [0.05, 0.1) is 12.7 Å². The molecule has 0 aliphatic rings. The molecule has 0 radical (unpaired) electrons. The van der Waals surface area contributed by atoms with Crippen LogP contribution in [0.1, 0.15) is 34.8 Å². The maximum atomic E-state index is 14.1. The second-order valence-corrected chi connectivity index (χ2v) is 5.97. The topological polar surface area (TPSA) is 72.8 Å². The van der Waals surface area contributed by atoms with Gasteiger partial charge in [-0.25, -0.2) is 18.4 Å². The molecule has 0 aliphatic heterocycles. The smallest absolute Gasteiger partial charge is 0.341 e. The normalized spacial score (nSPS) is 11.1. The number of aryl methyl sites for hydroxylation is 1. The fourth-order valence-corrected chi connectivity index (χ4v) is 2.62. The van der Waals surface area contributed by atoms with Crippen LogP contribution in [0.5, 0.6) is 5.75 Å². The van der Waals surface area contributed by atoms with Crippen molar-refractivity contribution in [3.8, 4) is 16.9 Å². The van der Waals surface area contributed by atoms with Gasteiger partial charge in [-0.15, -0.1) is 0 Å². The summed E-state index contributed by atoms with van der Waals surface area (Å²) in [6.07, 6.45) is -0.373. The van der Waals surface area contributed by atoms with E-state index in [1.807, 2.05) is 0 Å². The summed E-state index contributed by atoms with van der Waals surface area (Å²) in [7, 11) is 1.27. The molecule has 0 fully saturated rings. The van der Waals surface area contributed by atoms with Crippen molar-refractivity contribution in [3.63, 3.8) is 0 Å². The van der Waals surface area contributed by atoms with Gasteiger partial charge in [-0.05, 0) is 42.3 Å². The summed E-state index contributed by atoms with van der Waals surface area (Å²) in [5.74, 6) is -4.55. The van der Waals surface area contributed by atoms with Gasteiger partial charge in [0.25, 0.3) is 5.92 Å². The highest BCUT2D eigenvalue weighted by molar-refractivity contribution is 5.92. The number of carboxylic acid groups (broad SMARTS) is 1. The molecule has 0 bridgehead atoms. The summed E-state index contributed by atoms with van der Waals surface area (Å²) in [5, 5.41) is 8.83. The van der Waals surface area contributed by atoms with Gasteiger partial charge >= 0.3 is 11.9 Å². The SMILES string of the molecule is CCC(F)(F)c1ccc(OCC(=O)O)c(-c2ccc(C(=O)OC)c(C)c2)c1.